The van der Waals surface area contributed by atoms with Crippen molar-refractivity contribution >= 4 is 0 Å². The molecule has 0 aromatic heterocycles. The van der Waals surface area contributed by atoms with E-state index in [0.717, 1.165) is 25.9 Å². The van der Waals surface area contributed by atoms with Gasteiger partial charge >= 0.3 is 0 Å². The first-order valence-corrected chi connectivity index (χ1v) is 8.41. The van der Waals surface area contributed by atoms with Crippen LogP contribution in [0.3, 0.4) is 0 Å². The van der Waals surface area contributed by atoms with Crippen LogP contribution in [0.2, 0.25) is 0 Å². The van der Waals surface area contributed by atoms with Crippen molar-refractivity contribution in [2.75, 3.05) is 13.1 Å². The fourth-order valence-corrected chi connectivity index (χ4v) is 4.36. The minimum Gasteiger partial charge on any atom is -0.372 e. The Hall–Kier alpha value is -0.260. The summed E-state index contributed by atoms with van der Waals surface area (Å²) in [5.41, 5.74) is 5.78. The van der Waals surface area contributed by atoms with Crippen molar-refractivity contribution in [3.63, 3.8) is 0 Å². The zero-order valence-corrected chi connectivity index (χ0v) is 13.1. The number of piperidine rings is 1. The molecule has 0 spiro atoms. The van der Waals surface area contributed by atoms with Crippen LogP contribution in [0.25, 0.3) is 0 Å². The van der Waals surface area contributed by atoms with Crippen LogP contribution in [0.5, 0.6) is 0 Å². The number of likely N-dealkylation sites (tertiary alicyclic amines) is 1. The number of hydrogen-bond acceptors (Lipinski definition) is 3. The topological polar surface area (TPSA) is 38.5 Å². The maximum Gasteiger partial charge on any atom is 0.265 e. The molecule has 3 aliphatic rings. The lowest BCUT2D eigenvalue weighted by Gasteiger charge is -2.43. The Balaban J connectivity index is 1.64. The molecule has 5 heteroatoms. The lowest BCUT2D eigenvalue weighted by molar-refractivity contribution is -0.155. The highest BCUT2D eigenvalue weighted by Gasteiger charge is 2.49. The zero-order valence-electron chi connectivity index (χ0n) is 13.1. The number of rotatable bonds is 3. The normalized spacial score (nSPS) is 43.4. The fraction of sp³-hybridized carbons (Fsp3) is 1.00. The van der Waals surface area contributed by atoms with Gasteiger partial charge in [0.25, 0.3) is 5.92 Å². The average Bonchev–Trinajstić information content (AvgIpc) is 2.65. The maximum atomic E-state index is 13.8. The van der Waals surface area contributed by atoms with E-state index in [1.165, 1.54) is 0 Å². The van der Waals surface area contributed by atoms with Crippen molar-refractivity contribution in [2.24, 2.45) is 17.6 Å². The van der Waals surface area contributed by atoms with Crippen molar-refractivity contribution in [1.82, 2.24) is 4.90 Å². The average molecular weight is 302 g/mol. The van der Waals surface area contributed by atoms with E-state index in [4.69, 9.17) is 10.5 Å². The SMILES string of the molecule is CC(C)N1C[C@H]2CC[C@@H](C1)C2O[C@H]1CCCC(F)(F)[C@@H]1N. The molecule has 1 saturated heterocycles. The smallest absolute Gasteiger partial charge is 0.265 e. The summed E-state index contributed by atoms with van der Waals surface area (Å²) in [4.78, 5) is 2.50. The summed E-state index contributed by atoms with van der Waals surface area (Å²) in [6, 6.07) is -0.580. The molecule has 0 radical (unpaired) electrons. The Bertz CT molecular complexity index is 363. The Labute approximate surface area is 126 Å². The van der Waals surface area contributed by atoms with Crippen LogP contribution in [-0.4, -0.2) is 48.2 Å². The van der Waals surface area contributed by atoms with Crippen molar-refractivity contribution in [3.8, 4) is 0 Å². The van der Waals surface area contributed by atoms with E-state index in [1.807, 2.05) is 0 Å². The molecule has 0 aromatic carbocycles. The standard InChI is InChI=1S/C16H28F2N2O/c1-10(2)20-8-11-5-6-12(9-20)14(11)21-13-4-3-7-16(17,18)15(13)19/h10-15H,3-9,19H2,1-2H3/t11-,12+,13-,14?,15+/m0/s1. The number of alkyl halides is 2. The molecular weight excluding hydrogens is 274 g/mol. The van der Waals surface area contributed by atoms with Crippen molar-refractivity contribution in [2.45, 2.75) is 76.2 Å². The number of fused-ring (bicyclic) bond motifs is 2. The second-order valence-electron chi connectivity index (χ2n) is 7.46. The fourth-order valence-electron chi connectivity index (χ4n) is 4.36. The molecule has 2 bridgehead atoms. The summed E-state index contributed by atoms with van der Waals surface area (Å²) in [5, 5.41) is 0. The van der Waals surface area contributed by atoms with Gasteiger partial charge in [-0.15, -0.1) is 0 Å². The van der Waals surface area contributed by atoms with Crippen LogP contribution in [0.1, 0.15) is 46.0 Å². The Morgan fingerprint density at radius 1 is 1.14 bits per heavy atom. The summed E-state index contributed by atoms with van der Waals surface area (Å²) >= 11 is 0. The molecule has 3 fully saturated rings. The van der Waals surface area contributed by atoms with Crippen LogP contribution >= 0.6 is 0 Å². The molecule has 2 saturated carbocycles. The third-order valence-corrected chi connectivity index (χ3v) is 5.72. The molecule has 2 aliphatic carbocycles. The quantitative estimate of drug-likeness (QED) is 0.871. The summed E-state index contributed by atoms with van der Waals surface area (Å²) in [6.07, 6.45) is 3.12. The Kier molecular flexibility index (Phi) is 4.27. The lowest BCUT2D eigenvalue weighted by atomic mass is 9.88. The number of nitrogens with zero attached hydrogens (tertiary/aromatic N) is 1. The molecule has 1 unspecified atom stereocenters. The number of halogens is 2. The Morgan fingerprint density at radius 2 is 1.76 bits per heavy atom. The molecule has 1 aliphatic heterocycles. The van der Waals surface area contributed by atoms with Gasteiger partial charge in [0.05, 0.1) is 18.2 Å². The molecule has 3 nitrogen and oxygen atoms in total. The van der Waals surface area contributed by atoms with Crippen molar-refractivity contribution < 1.29 is 13.5 Å². The van der Waals surface area contributed by atoms with Gasteiger partial charge < -0.3 is 15.4 Å². The van der Waals surface area contributed by atoms with E-state index >= 15 is 0 Å². The minimum atomic E-state index is -2.76. The van der Waals surface area contributed by atoms with E-state index < -0.39 is 18.1 Å². The number of ether oxygens (including phenoxy) is 1. The minimum absolute atomic E-state index is 0.0906. The molecule has 5 atom stereocenters. The van der Waals surface area contributed by atoms with Crippen molar-refractivity contribution in [1.29, 1.82) is 0 Å². The summed E-state index contributed by atoms with van der Waals surface area (Å²) in [5.74, 6) is -1.77. The van der Waals surface area contributed by atoms with E-state index in [2.05, 4.69) is 18.7 Å². The van der Waals surface area contributed by atoms with Crippen LogP contribution in [0.15, 0.2) is 0 Å². The van der Waals surface area contributed by atoms with Crippen LogP contribution in [-0.2, 0) is 4.74 Å². The molecule has 21 heavy (non-hydrogen) atoms. The third kappa shape index (κ3) is 2.97. The second kappa shape index (κ2) is 5.74. The zero-order chi connectivity index (χ0) is 15.2. The summed E-state index contributed by atoms with van der Waals surface area (Å²) < 4.78 is 33.7. The highest BCUT2D eigenvalue weighted by Crippen LogP contribution is 2.42. The van der Waals surface area contributed by atoms with Gasteiger partial charge in [-0.1, -0.05) is 0 Å². The van der Waals surface area contributed by atoms with Gasteiger partial charge in [0, 0.05) is 25.6 Å². The van der Waals surface area contributed by atoms with Crippen LogP contribution in [0, 0.1) is 11.8 Å². The van der Waals surface area contributed by atoms with Gasteiger partial charge in [0.15, 0.2) is 0 Å². The van der Waals surface area contributed by atoms with E-state index in [0.29, 0.717) is 30.7 Å². The largest absolute Gasteiger partial charge is 0.372 e. The first-order chi connectivity index (χ1) is 9.88. The van der Waals surface area contributed by atoms with Crippen LogP contribution < -0.4 is 5.73 Å². The lowest BCUT2D eigenvalue weighted by Crippen LogP contribution is -2.56. The molecule has 0 amide bonds. The maximum absolute atomic E-state index is 13.8. The molecule has 122 valence electrons. The third-order valence-electron chi connectivity index (χ3n) is 5.72. The summed E-state index contributed by atoms with van der Waals surface area (Å²) in [7, 11) is 0. The first-order valence-electron chi connectivity index (χ1n) is 8.41. The molecule has 2 N–H and O–H groups in total. The predicted octanol–water partition coefficient (Wildman–Crippen LogP) is 2.64. The molecule has 3 rings (SSSR count). The first kappa shape index (κ1) is 15.6. The molecular formula is C16H28F2N2O. The number of hydrogen-bond donors (Lipinski definition) is 1. The van der Waals surface area contributed by atoms with Crippen molar-refractivity contribution in [3.05, 3.63) is 0 Å². The molecule has 0 aromatic rings. The van der Waals surface area contributed by atoms with E-state index in [1.54, 1.807) is 0 Å². The second-order valence-corrected chi connectivity index (χ2v) is 7.46. The van der Waals surface area contributed by atoms with Gasteiger partial charge in [-0.2, -0.15) is 0 Å². The predicted molar refractivity (Wildman–Crippen MR) is 78.4 cm³/mol. The van der Waals surface area contributed by atoms with Crippen LogP contribution in [0.4, 0.5) is 8.78 Å². The highest BCUT2D eigenvalue weighted by molar-refractivity contribution is 4.98. The van der Waals surface area contributed by atoms with Gasteiger partial charge in [-0.05, 0) is 51.4 Å². The summed E-state index contributed by atoms with van der Waals surface area (Å²) in [6.45, 7) is 6.52. The van der Waals surface area contributed by atoms with Gasteiger partial charge in [-0.3, -0.25) is 0 Å². The Morgan fingerprint density at radius 3 is 2.33 bits per heavy atom. The molecule has 1 heterocycles. The van der Waals surface area contributed by atoms with E-state index in [9.17, 15) is 8.78 Å². The van der Waals surface area contributed by atoms with Gasteiger partial charge in [-0.25, -0.2) is 8.78 Å². The van der Waals surface area contributed by atoms with Gasteiger partial charge in [0.1, 0.15) is 0 Å². The monoisotopic (exact) mass is 302 g/mol. The highest BCUT2D eigenvalue weighted by atomic mass is 19.3. The van der Waals surface area contributed by atoms with E-state index in [-0.39, 0.29) is 12.5 Å². The van der Waals surface area contributed by atoms with Gasteiger partial charge in [0.2, 0.25) is 0 Å². The number of nitrogens with two attached hydrogens (primary N) is 1.